The fraction of sp³-hybridized carbons (Fsp3) is 0.462. The smallest absolute Gasteiger partial charge is 0.125 e. The Morgan fingerprint density at radius 2 is 2.12 bits per heavy atom. The summed E-state index contributed by atoms with van der Waals surface area (Å²) in [6.45, 7) is 7.74. The van der Waals surface area contributed by atoms with E-state index in [0.29, 0.717) is 12.6 Å². The van der Waals surface area contributed by atoms with Gasteiger partial charge in [0.25, 0.3) is 0 Å². The zero-order valence-electron chi connectivity index (χ0n) is 10.6. The predicted molar refractivity (Wildman–Crippen MR) is 66.7 cm³/mol. The molecule has 2 aromatic rings. The largest absolute Gasteiger partial charge is 0.463 e. The minimum absolute atomic E-state index is 0.470. The third-order valence-corrected chi connectivity index (χ3v) is 2.48. The number of furan rings is 1. The van der Waals surface area contributed by atoms with Crippen LogP contribution in [0.5, 0.6) is 0 Å². The molecule has 0 aliphatic rings. The summed E-state index contributed by atoms with van der Waals surface area (Å²) in [6.07, 6.45) is 3.86. The van der Waals surface area contributed by atoms with Crippen molar-refractivity contribution in [1.29, 1.82) is 0 Å². The zero-order chi connectivity index (χ0) is 12.3. The highest BCUT2D eigenvalue weighted by molar-refractivity contribution is 5.08. The molecule has 17 heavy (non-hydrogen) atoms. The molecule has 2 heterocycles. The number of nitrogens with one attached hydrogen (secondary N) is 1. The summed E-state index contributed by atoms with van der Waals surface area (Å²) in [6, 6.07) is 4.49. The first kappa shape index (κ1) is 11.9. The Morgan fingerprint density at radius 3 is 2.76 bits per heavy atom. The second-order valence-corrected chi connectivity index (χ2v) is 4.62. The van der Waals surface area contributed by atoms with Gasteiger partial charge in [-0.15, -0.1) is 0 Å². The molecule has 0 saturated carbocycles. The van der Waals surface area contributed by atoms with Gasteiger partial charge in [0.2, 0.25) is 0 Å². The maximum atomic E-state index is 5.72. The second kappa shape index (κ2) is 5.19. The van der Waals surface area contributed by atoms with Crippen molar-refractivity contribution in [3.63, 3.8) is 0 Å². The normalized spacial score (nSPS) is 11.3. The van der Waals surface area contributed by atoms with Crippen molar-refractivity contribution in [3.8, 4) is 0 Å². The summed E-state index contributed by atoms with van der Waals surface area (Å²) >= 11 is 0. The Bertz CT molecular complexity index is 470. The number of hydrogen-bond acceptors (Lipinski definition) is 3. The summed E-state index contributed by atoms with van der Waals surface area (Å²) in [5, 5.41) is 7.56. The van der Waals surface area contributed by atoms with Crippen LogP contribution in [-0.2, 0) is 13.1 Å². The molecule has 0 amide bonds. The van der Waals surface area contributed by atoms with Gasteiger partial charge < -0.3 is 9.73 Å². The van der Waals surface area contributed by atoms with Gasteiger partial charge in [0.15, 0.2) is 0 Å². The van der Waals surface area contributed by atoms with Crippen LogP contribution in [0.2, 0.25) is 0 Å². The molecular weight excluding hydrogens is 214 g/mol. The molecule has 92 valence electrons. The van der Waals surface area contributed by atoms with Gasteiger partial charge in [0.05, 0.1) is 19.3 Å². The lowest BCUT2D eigenvalue weighted by molar-refractivity contribution is 0.421. The molecule has 0 bridgehead atoms. The molecule has 0 aliphatic heterocycles. The molecule has 0 aliphatic carbocycles. The second-order valence-electron chi connectivity index (χ2n) is 4.62. The molecule has 0 radical (unpaired) electrons. The standard InChI is InChI=1S/C13H19N3O/c1-10(2)14-7-12-4-5-13(17-12)9-16-8-11(3)6-15-16/h4-6,8,10,14H,7,9H2,1-3H3. The molecule has 0 saturated heterocycles. The fourth-order valence-electron chi connectivity index (χ4n) is 1.62. The summed E-state index contributed by atoms with van der Waals surface area (Å²) in [5.41, 5.74) is 1.17. The van der Waals surface area contributed by atoms with Crippen molar-refractivity contribution in [1.82, 2.24) is 15.1 Å². The Balaban J connectivity index is 1.94. The third-order valence-electron chi connectivity index (χ3n) is 2.48. The topological polar surface area (TPSA) is 43.0 Å². The zero-order valence-corrected chi connectivity index (χ0v) is 10.6. The molecule has 0 atom stereocenters. The van der Waals surface area contributed by atoms with Crippen molar-refractivity contribution in [2.45, 2.75) is 39.9 Å². The van der Waals surface area contributed by atoms with Gasteiger partial charge >= 0.3 is 0 Å². The van der Waals surface area contributed by atoms with Crippen LogP contribution in [0.1, 0.15) is 30.9 Å². The van der Waals surface area contributed by atoms with Crippen LogP contribution in [-0.4, -0.2) is 15.8 Å². The van der Waals surface area contributed by atoms with Crippen molar-refractivity contribution in [2.75, 3.05) is 0 Å². The Hall–Kier alpha value is -1.55. The lowest BCUT2D eigenvalue weighted by Crippen LogP contribution is -2.21. The Labute approximate surface area is 102 Å². The van der Waals surface area contributed by atoms with Gasteiger partial charge in [0, 0.05) is 12.2 Å². The van der Waals surface area contributed by atoms with E-state index in [0.717, 1.165) is 18.1 Å². The van der Waals surface area contributed by atoms with Crippen molar-refractivity contribution >= 4 is 0 Å². The number of aromatic nitrogens is 2. The molecule has 0 fully saturated rings. The van der Waals surface area contributed by atoms with Gasteiger partial charge in [-0.05, 0) is 24.6 Å². The lowest BCUT2D eigenvalue weighted by Gasteiger charge is -2.05. The first-order valence-corrected chi connectivity index (χ1v) is 5.93. The van der Waals surface area contributed by atoms with E-state index >= 15 is 0 Å². The quantitative estimate of drug-likeness (QED) is 0.862. The van der Waals surface area contributed by atoms with Gasteiger partial charge in [0.1, 0.15) is 11.5 Å². The molecule has 4 heteroatoms. The minimum Gasteiger partial charge on any atom is -0.463 e. The Morgan fingerprint density at radius 1 is 1.35 bits per heavy atom. The minimum atomic E-state index is 0.470. The summed E-state index contributed by atoms with van der Waals surface area (Å²) in [4.78, 5) is 0. The van der Waals surface area contributed by atoms with E-state index in [4.69, 9.17) is 4.42 Å². The van der Waals surface area contributed by atoms with Crippen molar-refractivity contribution < 1.29 is 4.42 Å². The first-order chi connectivity index (χ1) is 8.13. The van der Waals surface area contributed by atoms with Crippen LogP contribution in [0.4, 0.5) is 0 Å². The average Bonchev–Trinajstić information content (AvgIpc) is 2.86. The van der Waals surface area contributed by atoms with Gasteiger partial charge in [-0.2, -0.15) is 5.10 Å². The molecule has 2 aromatic heterocycles. The van der Waals surface area contributed by atoms with Crippen molar-refractivity contribution in [3.05, 3.63) is 41.6 Å². The van der Waals surface area contributed by atoms with Crippen LogP contribution >= 0.6 is 0 Å². The van der Waals surface area contributed by atoms with E-state index in [1.807, 2.05) is 36.1 Å². The number of hydrogen-bond donors (Lipinski definition) is 1. The molecule has 0 unspecified atom stereocenters. The number of rotatable bonds is 5. The third kappa shape index (κ3) is 3.46. The van der Waals surface area contributed by atoms with Crippen molar-refractivity contribution in [2.24, 2.45) is 0 Å². The highest BCUT2D eigenvalue weighted by Crippen LogP contribution is 2.09. The van der Waals surface area contributed by atoms with Crippen LogP contribution in [0.15, 0.2) is 28.9 Å². The fourth-order valence-corrected chi connectivity index (χ4v) is 1.62. The molecular formula is C13H19N3O. The maximum Gasteiger partial charge on any atom is 0.125 e. The van der Waals surface area contributed by atoms with E-state index in [1.165, 1.54) is 5.56 Å². The van der Waals surface area contributed by atoms with Crippen LogP contribution in [0.3, 0.4) is 0 Å². The van der Waals surface area contributed by atoms with E-state index in [-0.39, 0.29) is 0 Å². The predicted octanol–water partition coefficient (Wildman–Crippen LogP) is 2.33. The molecule has 1 N–H and O–H groups in total. The van der Waals surface area contributed by atoms with E-state index in [2.05, 4.69) is 24.3 Å². The van der Waals surface area contributed by atoms with E-state index < -0.39 is 0 Å². The molecule has 0 aromatic carbocycles. The van der Waals surface area contributed by atoms with Gasteiger partial charge in [-0.3, -0.25) is 4.68 Å². The van der Waals surface area contributed by atoms with Crippen LogP contribution in [0, 0.1) is 6.92 Å². The maximum absolute atomic E-state index is 5.72. The summed E-state index contributed by atoms with van der Waals surface area (Å²) in [5.74, 6) is 1.91. The summed E-state index contributed by atoms with van der Waals surface area (Å²) in [7, 11) is 0. The Kier molecular flexibility index (Phi) is 3.64. The van der Waals surface area contributed by atoms with Crippen LogP contribution in [0.25, 0.3) is 0 Å². The highest BCUT2D eigenvalue weighted by Gasteiger charge is 2.04. The number of aryl methyl sites for hydroxylation is 1. The highest BCUT2D eigenvalue weighted by atomic mass is 16.3. The van der Waals surface area contributed by atoms with E-state index in [9.17, 15) is 0 Å². The molecule has 4 nitrogen and oxygen atoms in total. The first-order valence-electron chi connectivity index (χ1n) is 5.93. The van der Waals surface area contributed by atoms with Crippen LogP contribution < -0.4 is 5.32 Å². The SMILES string of the molecule is Cc1cnn(Cc2ccc(CNC(C)C)o2)c1. The van der Waals surface area contributed by atoms with Gasteiger partial charge in [-0.1, -0.05) is 13.8 Å². The lowest BCUT2D eigenvalue weighted by atomic mass is 10.3. The van der Waals surface area contributed by atoms with Gasteiger partial charge in [-0.25, -0.2) is 0 Å². The monoisotopic (exact) mass is 233 g/mol. The summed E-state index contributed by atoms with van der Waals surface area (Å²) < 4.78 is 7.61. The number of nitrogens with zero attached hydrogens (tertiary/aromatic N) is 2. The average molecular weight is 233 g/mol. The van der Waals surface area contributed by atoms with E-state index in [1.54, 1.807) is 0 Å². The molecule has 0 spiro atoms. The molecule has 2 rings (SSSR count).